The van der Waals surface area contributed by atoms with E-state index in [-0.39, 0.29) is 18.1 Å². The molecule has 9 heteroatoms. The predicted octanol–water partition coefficient (Wildman–Crippen LogP) is 3.87. The number of hydrogen-bond donors (Lipinski definition) is 2. The molecule has 1 amide bonds. The second kappa shape index (κ2) is 9.69. The topological polar surface area (TPSA) is 78.9 Å². The van der Waals surface area contributed by atoms with Crippen molar-refractivity contribution in [2.75, 3.05) is 6.54 Å². The smallest absolute Gasteiger partial charge is 0.475 e. The number of carbonyl (C=O) groups excluding carboxylic acids is 1. The Bertz CT molecular complexity index is 1000. The molecular weight excluding hydrogens is 437 g/mol. The molecule has 178 valence electrons. The quantitative estimate of drug-likeness (QED) is 0.718. The van der Waals surface area contributed by atoms with E-state index < -0.39 is 12.1 Å². The van der Waals surface area contributed by atoms with Crippen LogP contribution >= 0.6 is 0 Å². The van der Waals surface area contributed by atoms with E-state index in [1.54, 1.807) is 0 Å². The van der Waals surface area contributed by atoms with Crippen molar-refractivity contribution in [3.05, 3.63) is 48.0 Å². The summed E-state index contributed by atoms with van der Waals surface area (Å²) in [6, 6.07) is 16.0. The molecular formula is C24H27F3N2O4. The minimum absolute atomic E-state index is 0.110. The summed E-state index contributed by atoms with van der Waals surface area (Å²) in [7, 11) is 0. The van der Waals surface area contributed by atoms with Gasteiger partial charge in [0.05, 0.1) is 6.10 Å². The van der Waals surface area contributed by atoms with Crippen LogP contribution in [0.4, 0.5) is 13.2 Å². The van der Waals surface area contributed by atoms with E-state index in [9.17, 15) is 18.0 Å². The van der Waals surface area contributed by atoms with Crippen molar-refractivity contribution >= 4 is 22.6 Å². The van der Waals surface area contributed by atoms with Gasteiger partial charge < -0.3 is 15.2 Å². The fourth-order valence-corrected chi connectivity index (χ4v) is 4.57. The van der Waals surface area contributed by atoms with Crippen molar-refractivity contribution in [3.8, 4) is 0 Å². The van der Waals surface area contributed by atoms with E-state index in [1.807, 2.05) is 0 Å². The van der Waals surface area contributed by atoms with Gasteiger partial charge in [-0.25, -0.2) is 4.79 Å². The zero-order valence-corrected chi connectivity index (χ0v) is 18.1. The molecule has 1 aliphatic carbocycles. The Balaban J connectivity index is 0.000000325. The largest absolute Gasteiger partial charge is 0.490 e. The number of rotatable bonds is 4. The minimum Gasteiger partial charge on any atom is -0.475 e. The van der Waals surface area contributed by atoms with Gasteiger partial charge in [0.2, 0.25) is 5.91 Å². The number of carboxylic acids is 1. The molecule has 3 atom stereocenters. The van der Waals surface area contributed by atoms with Crippen molar-refractivity contribution in [3.63, 3.8) is 0 Å². The second-order valence-electron chi connectivity index (χ2n) is 8.79. The molecule has 2 saturated heterocycles. The molecule has 0 aromatic heterocycles. The Labute approximate surface area is 189 Å². The van der Waals surface area contributed by atoms with Crippen LogP contribution in [0, 0.1) is 0 Å². The summed E-state index contributed by atoms with van der Waals surface area (Å²) in [4.78, 5) is 23.8. The highest BCUT2D eigenvalue weighted by Gasteiger charge is 2.42. The lowest BCUT2D eigenvalue weighted by Crippen LogP contribution is -2.48. The van der Waals surface area contributed by atoms with Gasteiger partial charge in [-0.15, -0.1) is 0 Å². The van der Waals surface area contributed by atoms with Crippen molar-refractivity contribution in [1.82, 2.24) is 10.2 Å². The lowest BCUT2D eigenvalue weighted by atomic mass is 9.98. The maximum atomic E-state index is 12.3. The normalized spacial score (nSPS) is 25.1. The number of fused-ring (bicyclic) bond motifs is 2. The van der Waals surface area contributed by atoms with E-state index in [1.165, 1.54) is 16.3 Å². The first kappa shape index (κ1) is 23.5. The average molecular weight is 464 g/mol. The van der Waals surface area contributed by atoms with Crippen LogP contribution in [0.15, 0.2) is 42.5 Å². The molecule has 6 nitrogen and oxygen atoms in total. The first-order chi connectivity index (χ1) is 15.7. The number of hydrogen-bond acceptors (Lipinski definition) is 4. The van der Waals surface area contributed by atoms with Crippen molar-refractivity contribution in [2.24, 2.45) is 0 Å². The predicted molar refractivity (Wildman–Crippen MR) is 116 cm³/mol. The molecule has 2 aliphatic heterocycles. The van der Waals surface area contributed by atoms with Crippen LogP contribution in [0.3, 0.4) is 0 Å². The van der Waals surface area contributed by atoms with Gasteiger partial charge in [-0.1, -0.05) is 42.5 Å². The molecule has 2 heterocycles. The zero-order valence-electron chi connectivity index (χ0n) is 18.1. The average Bonchev–Trinajstić information content (AvgIpc) is 3.52. The van der Waals surface area contributed by atoms with Gasteiger partial charge in [0.1, 0.15) is 6.10 Å². The van der Waals surface area contributed by atoms with Gasteiger partial charge in [0.15, 0.2) is 0 Å². The third kappa shape index (κ3) is 5.83. The number of carboxylic acid groups (broad SMARTS) is 1. The summed E-state index contributed by atoms with van der Waals surface area (Å²) in [5, 5.41) is 12.9. The van der Waals surface area contributed by atoms with E-state index in [2.05, 4.69) is 52.7 Å². The first-order valence-electron chi connectivity index (χ1n) is 11.2. The summed E-state index contributed by atoms with van der Waals surface area (Å²) >= 11 is 0. The van der Waals surface area contributed by atoms with Gasteiger partial charge in [-0.3, -0.25) is 9.69 Å². The van der Waals surface area contributed by atoms with E-state index in [0.717, 1.165) is 45.2 Å². The molecule has 0 radical (unpaired) electrons. The number of amides is 1. The molecule has 1 saturated carbocycles. The highest BCUT2D eigenvalue weighted by molar-refractivity contribution is 5.85. The molecule has 0 unspecified atom stereocenters. The number of nitrogens with one attached hydrogen (secondary N) is 1. The summed E-state index contributed by atoms with van der Waals surface area (Å²) in [6.07, 6.45) is 0.0576. The molecule has 0 bridgehead atoms. The third-order valence-electron chi connectivity index (χ3n) is 6.37. The maximum absolute atomic E-state index is 12.3. The number of likely N-dealkylation sites (tertiary alicyclic amines) is 1. The maximum Gasteiger partial charge on any atom is 0.490 e. The summed E-state index contributed by atoms with van der Waals surface area (Å²) in [6.45, 7) is 2.01. The van der Waals surface area contributed by atoms with Gasteiger partial charge in [0, 0.05) is 25.2 Å². The number of ether oxygens (including phenoxy) is 1. The van der Waals surface area contributed by atoms with Gasteiger partial charge >= 0.3 is 12.1 Å². The fourth-order valence-electron chi connectivity index (χ4n) is 4.57. The zero-order chi connectivity index (χ0) is 23.6. The lowest BCUT2D eigenvalue weighted by Gasteiger charge is -2.35. The van der Waals surface area contributed by atoms with Crippen LogP contribution in [0.25, 0.3) is 10.8 Å². The van der Waals surface area contributed by atoms with Crippen LogP contribution in [0.2, 0.25) is 0 Å². The van der Waals surface area contributed by atoms with Crippen molar-refractivity contribution in [1.29, 1.82) is 0 Å². The van der Waals surface area contributed by atoms with Gasteiger partial charge in [0.25, 0.3) is 0 Å². The molecule has 2 aromatic rings. The Morgan fingerprint density at radius 1 is 1.03 bits per heavy atom. The molecule has 5 rings (SSSR count). The van der Waals surface area contributed by atoms with Crippen LogP contribution < -0.4 is 5.32 Å². The van der Waals surface area contributed by atoms with E-state index in [0.29, 0.717) is 12.1 Å². The van der Waals surface area contributed by atoms with Crippen molar-refractivity contribution < 1.29 is 32.6 Å². The number of carbonyl (C=O) groups is 2. The number of alkyl halides is 3. The highest BCUT2D eigenvalue weighted by atomic mass is 19.4. The Morgan fingerprint density at radius 3 is 2.42 bits per heavy atom. The number of aliphatic carboxylic acids is 1. The molecule has 3 aliphatic rings. The summed E-state index contributed by atoms with van der Waals surface area (Å²) < 4.78 is 37.9. The monoisotopic (exact) mass is 464 g/mol. The Kier molecular flexibility index (Phi) is 6.90. The second-order valence-corrected chi connectivity index (χ2v) is 8.79. The Hall–Kier alpha value is -2.65. The molecule has 0 spiro atoms. The highest BCUT2D eigenvalue weighted by Crippen LogP contribution is 2.34. The fraction of sp³-hybridized carbons (Fsp3) is 0.500. The summed E-state index contributed by atoms with van der Waals surface area (Å²) in [5.41, 5.74) is 1.39. The van der Waals surface area contributed by atoms with Crippen LogP contribution in [0.1, 0.15) is 37.7 Å². The van der Waals surface area contributed by atoms with E-state index in [4.69, 9.17) is 14.6 Å². The SMILES string of the molecule is O=C(NC1CC1)[C@@H]1CC[C@@H]2[C@@H](CCN2Cc2cccc3ccccc23)O1.O=C(O)C(F)(F)F. The van der Waals surface area contributed by atoms with Crippen LogP contribution in [-0.2, 0) is 20.9 Å². The molecule has 33 heavy (non-hydrogen) atoms. The van der Waals surface area contributed by atoms with Crippen molar-refractivity contribution in [2.45, 2.75) is 69.1 Å². The molecule has 2 aromatic carbocycles. The first-order valence-corrected chi connectivity index (χ1v) is 11.2. The van der Waals surface area contributed by atoms with Crippen LogP contribution in [0.5, 0.6) is 0 Å². The van der Waals surface area contributed by atoms with E-state index >= 15 is 0 Å². The number of benzene rings is 2. The number of halogens is 3. The Morgan fingerprint density at radius 2 is 1.73 bits per heavy atom. The lowest BCUT2D eigenvalue weighted by molar-refractivity contribution is -0.192. The standard InChI is InChI=1S/C22H26N2O2.C2HF3O2/c25-22(23-17-8-9-17)21-11-10-19-20(26-21)12-13-24(19)14-16-6-3-5-15-4-1-2-7-18(15)16;3-2(4,5)1(6)7/h1-7,17,19-21H,8-14H2,(H,23,25);(H,6,7)/t19-,20-,21+;/m1./s1. The molecule has 3 fully saturated rings. The van der Waals surface area contributed by atoms with Gasteiger partial charge in [-0.2, -0.15) is 13.2 Å². The minimum atomic E-state index is -5.08. The van der Waals surface area contributed by atoms with Crippen LogP contribution in [-0.4, -0.2) is 58.9 Å². The van der Waals surface area contributed by atoms with Gasteiger partial charge in [-0.05, 0) is 48.4 Å². The molecule has 2 N–H and O–H groups in total. The third-order valence-corrected chi connectivity index (χ3v) is 6.37. The summed E-state index contributed by atoms with van der Waals surface area (Å²) in [5.74, 6) is -2.65. The number of nitrogens with zero attached hydrogens (tertiary/aromatic N) is 1.